The third-order valence-corrected chi connectivity index (χ3v) is 3.40. The SMILES string of the molecule is CCCC[N-]C(=O)c1sccc1Br.[Y]. The van der Waals surface area contributed by atoms with Gasteiger partial charge in [-0.15, -0.1) is 17.9 Å². The molecular formula is C9H11BrNOSY-. The molecule has 2 nitrogen and oxygen atoms in total. The summed E-state index contributed by atoms with van der Waals surface area (Å²) in [5.74, 6) is -0.102. The molecule has 75 valence electrons. The van der Waals surface area contributed by atoms with Crippen molar-refractivity contribution in [2.24, 2.45) is 0 Å². The van der Waals surface area contributed by atoms with Gasteiger partial charge in [-0.05, 0) is 27.4 Å². The zero-order valence-electron chi connectivity index (χ0n) is 8.00. The van der Waals surface area contributed by atoms with Crippen LogP contribution in [0.4, 0.5) is 0 Å². The maximum absolute atomic E-state index is 11.4. The van der Waals surface area contributed by atoms with Crippen molar-refractivity contribution in [1.82, 2.24) is 0 Å². The molecule has 5 heteroatoms. The summed E-state index contributed by atoms with van der Waals surface area (Å²) in [5, 5.41) is 5.84. The van der Waals surface area contributed by atoms with Crippen molar-refractivity contribution in [2.75, 3.05) is 6.54 Å². The van der Waals surface area contributed by atoms with Gasteiger partial charge in [0, 0.05) is 37.2 Å². The van der Waals surface area contributed by atoms with Gasteiger partial charge in [-0.1, -0.05) is 19.8 Å². The van der Waals surface area contributed by atoms with Crippen LogP contribution in [0, 0.1) is 0 Å². The molecule has 0 fully saturated rings. The fraction of sp³-hybridized carbons (Fsp3) is 0.444. The van der Waals surface area contributed by atoms with Crippen LogP contribution in [0.2, 0.25) is 0 Å². The Morgan fingerprint density at radius 3 is 2.86 bits per heavy atom. The van der Waals surface area contributed by atoms with Crippen LogP contribution >= 0.6 is 27.3 Å². The second-order valence-electron chi connectivity index (χ2n) is 2.64. The molecular weight excluding hydrogens is 339 g/mol. The molecule has 1 aromatic rings. The minimum Gasteiger partial charge on any atom is -0.648 e. The largest absolute Gasteiger partial charge is 0.648 e. The average molecular weight is 350 g/mol. The number of nitrogens with zero attached hydrogens (tertiary/aromatic N) is 1. The van der Waals surface area contributed by atoms with Gasteiger partial charge >= 0.3 is 0 Å². The zero-order chi connectivity index (χ0) is 9.68. The predicted octanol–water partition coefficient (Wildman–Crippen LogP) is 3.82. The van der Waals surface area contributed by atoms with Crippen molar-refractivity contribution in [2.45, 2.75) is 19.8 Å². The van der Waals surface area contributed by atoms with Crippen LogP contribution in [0.1, 0.15) is 29.4 Å². The van der Waals surface area contributed by atoms with E-state index in [1.807, 2.05) is 11.4 Å². The molecule has 0 N–H and O–H groups in total. The van der Waals surface area contributed by atoms with Gasteiger partial charge in [0.15, 0.2) is 0 Å². The van der Waals surface area contributed by atoms with Crippen molar-refractivity contribution in [3.63, 3.8) is 0 Å². The van der Waals surface area contributed by atoms with Crippen molar-refractivity contribution < 1.29 is 37.5 Å². The van der Waals surface area contributed by atoms with E-state index < -0.39 is 0 Å². The van der Waals surface area contributed by atoms with Gasteiger partial charge in [-0.2, -0.15) is 0 Å². The summed E-state index contributed by atoms with van der Waals surface area (Å²) in [6.07, 6.45) is 2.05. The number of hydrogen-bond acceptors (Lipinski definition) is 2. The maximum atomic E-state index is 11.4. The van der Waals surface area contributed by atoms with Crippen molar-refractivity contribution in [3.05, 3.63) is 26.1 Å². The number of hydrogen-bond donors (Lipinski definition) is 0. The third-order valence-electron chi connectivity index (χ3n) is 1.58. The van der Waals surface area contributed by atoms with E-state index in [0.717, 1.165) is 17.3 Å². The van der Waals surface area contributed by atoms with E-state index in [4.69, 9.17) is 0 Å². The zero-order valence-corrected chi connectivity index (χ0v) is 13.2. The van der Waals surface area contributed by atoms with E-state index >= 15 is 0 Å². The number of halogens is 1. The molecule has 0 bridgehead atoms. The summed E-state index contributed by atoms with van der Waals surface area (Å²) in [6.45, 7) is 2.72. The summed E-state index contributed by atoms with van der Waals surface area (Å²) in [4.78, 5) is 12.1. The smallest absolute Gasteiger partial charge is 0.0933 e. The summed E-state index contributed by atoms with van der Waals surface area (Å²) < 4.78 is 0.850. The molecule has 1 amide bonds. The number of rotatable bonds is 4. The number of thiophene rings is 1. The Balaban J connectivity index is 0.00000169. The summed E-state index contributed by atoms with van der Waals surface area (Å²) >= 11 is 4.73. The Morgan fingerprint density at radius 1 is 1.64 bits per heavy atom. The summed E-state index contributed by atoms with van der Waals surface area (Å²) in [7, 11) is 0. The van der Waals surface area contributed by atoms with Gasteiger partial charge in [-0.3, -0.25) is 0 Å². The number of carbonyl (C=O) groups excluding carboxylic acids is 1. The quantitative estimate of drug-likeness (QED) is 0.760. The van der Waals surface area contributed by atoms with Gasteiger partial charge in [0.25, 0.3) is 0 Å². The molecule has 0 saturated heterocycles. The summed E-state index contributed by atoms with van der Waals surface area (Å²) in [6, 6.07) is 1.87. The van der Waals surface area contributed by atoms with Gasteiger partial charge < -0.3 is 10.1 Å². The number of amides is 1. The molecule has 1 rings (SSSR count). The summed E-state index contributed by atoms with van der Waals surface area (Å²) in [5.41, 5.74) is 0. The Bertz CT molecular complexity index is 290. The van der Waals surface area contributed by atoms with Gasteiger partial charge in [0.05, 0.1) is 10.8 Å². The van der Waals surface area contributed by atoms with E-state index in [1.54, 1.807) is 0 Å². The Hall–Kier alpha value is 0.754. The monoisotopic (exact) mass is 349 g/mol. The van der Waals surface area contributed by atoms with Crippen LogP contribution in [-0.2, 0) is 32.7 Å². The molecule has 1 heterocycles. The average Bonchev–Trinajstić information content (AvgIpc) is 2.52. The minimum absolute atomic E-state index is 0. The first-order valence-electron chi connectivity index (χ1n) is 4.20. The molecule has 0 unspecified atom stereocenters. The Kier molecular flexibility index (Phi) is 8.40. The second kappa shape index (κ2) is 7.97. The van der Waals surface area contributed by atoms with E-state index in [1.165, 1.54) is 11.3 Å². The number of unbranched alkanes of at least 4 members (excludes halogenated alkanes) is 1. The van der Waals surface area contributed by atoms with Crippen LogP contribution in [-0.4, -0.2) is 12.5 Å². The van der Waals surface area contributed by atoms with Crippen molar-refractivity contribution in [3.8, 4) is 0 Å². The number of carbonyl (C=O) groups is 1. The molecule has 0 aliphatic rings. The van der Waals surface area contributed by atoms with E-state index in [9.17, 15) is 4.79 Å². The topological polar surface area (TPSA) is 31.2 Å². The van der Waals surface area contributed by atoms with Crippen LogP contribution in [0.5, 0.6) is 0 Å². The van der Waals surface area contributed by atoms with Crippen molar-refractivity contribution in [1.29, 1.82) is 0 Å². The molecule has 0 spiro atoms. The first kappa shape index (κ1) is 14.8. The van der Waals surface area contributed by atoms with Crippen LogP contribution < -0.4 is 0 Å². The van der Waals surface area contributed by atoms with Crippen molar-refractivity contribution >= 4 is 33.2 Å². The molecule has 0 saturated carbocycles. The fourth-order valence-corrected chi connectivity index (χ4v) is 2.30. The Morgan fingerprint density at radius 2 is 2.36 bits per heavy atom. The molecule has 1 radical (unpaired) electrons. The molecule has 0 aromatic carbocycles. The normalized spacial score (nSPS) is 9.29. The molecule has 0 atom stereocenters. The Labute approximate surface area is 122 Å². The van der Waals surface area contributed by atoms with Gasteiger partial charge in [0.1, 0.15) is 0 Å². The minimum atomic E-state index is -0.102. The van der Waals surface area contributed by atoms with E-state index in [2.05, 4.69) is 28.2 Å². The molecule has 0 aliphatic carbocycles. The van der Waals surface area contributed by atoms with E-state index in [-0.39, 0.29) is 38.6 Å². The van der Waals surface area contributed by atoms with Crippen LogP contribution in [0.3, 0.4) is 0 Å². The second-order valence-corrected chi connectivity index (χ2v) is 4.41. The van der Waals surface area contributed by atoms with Crippen LogP contribution in [0.15, 0.2) is 15.9 Å². The first-order valence-corrected chi connectivity index (χ1v) is 5.87. The standard InChI is InChI=1S/C9H12BrNOS.Y/c1-2-3-5-11-9(12)8-7(10)4-6-13-8;/h4,6H,2-3,5H2,1H3,(H,11,12);/p-1. The fourth-order valence-electron chi connectivity index (χ4n) is 0.857. The molecule has 1 aromatic heterocycles. The third kappa shape index (κ3) is 4.52. The first-order chi connectivity index (χ1) is 6.25. The van der Waals surface area contributed by atoms with E-state index in [0.29, 0.717) is 11.4 Å². The van der Waals surface area contributed by atoms with Gasteiger partial charge in [0.2, 0.25) is 0 Å². The maximum Gasteiger partial charge on any atom is 0.0933 e. The van der Waals surface area contributed by atoms with Crippen LogP contribution in [0.25, 0.3) is 5.32 Å². The van der Waals surface area contributed by atoms with Gasteiger partial charge in [-0.25, -0.2) is 0 Å². The molecule has 0 aliphatic heterocycles. The predicted molar refractivity (Wildman–Crippen MR) is 59.5 cm³/mol. The molecule has 14 heavy (non-hydrogen) atoms.